The maximum Gasteiger partial charge on any atom is 0.290 e. The van der Waals surface area contributed by atoms with Crippen molar-refractivity contribution >= 4 is 22.7 Å². The Hall–Kier alpha value is -3.58. The monoisotopic (exact) mass is 435 g/mol. The Bertz CT molecular complexity index is 1130. The Balaban J connectivity index is 1.74. The summed E-state index contributed by atoms with van der Waals surface area (Å²) in [5.41, 5.74) is 1.27. The maximum absolute atomic E-state index is 13.5. The van der Waals surface area contributed by atoms with Crippen LogP contribution < -0.4 is 4.74 Å². The second-order valence-electron chi connectivity index (χ2n) is 7.49. The highest BCUT2D eigenvalue weighted by atomic mass is 16.5. The van der Waals surface area contributed by atoms with E-state index in [4.69, 9.17) is 13.9 Å². The molecule has 1 unspecified atom stereocenters. The molecule has 0 radical (unpaired) electrons. The van der Waals surface area contributed by atoms with Crippen molar-refractivity contribution < 1.29 is 28.6 Å². The second kappa shape index (κ2) is 9.28. The minimum atomic E-state index is -0.740. The molecule has 2 aromatic carbocycles. The number of aliphatic hydroxyl groups is 1. The van der Waals surface area contributed by atoms with Crippen LogP contribution in [0.3, 0.4) is 0 Å². The molecular weight excluding hydrogens is 410 g/mol. The summed E-state index contributed by atoms with van der Waals surface area (Å²) in [5, 5.41) is 11.5. The third kappa shape index (κ3) is 3.99. The van der Waals surface area contributed by atoms with Crippen LogP contribution in [0.5, 0.6) is 5.75 Å². The first-order chi connectivity index (χ1) is 15.5. The van der Waals surface area contributed by atoms with Crippen LogP contribution in [-0.2, 0) is 9.53 Å². The summed E-state index contributed by atoms with van der Waals surface area (Å²) >= 11 is 0. The summed E-state index contributed by atoms with van der Waals surface area (Å²) in [5.74, 6) is -0.883. The average Bonchev–Trinajstić information content (AvgIpc) is 3.34. The number of hydrogen-bond acceptors (Lipinski definition) is 6. The van der Waals surface area contributed by atoms with Crippen molar-refractivity contribution in [2.75, 3.05) is 26.9 Å². The lowest BCUT2D eigenvalue weighted by molar-refractivity contribution is -0.129. The van der Waals surface area contributed by atoms with Gasteiger partial charge in [-0.05, 0) is 43.2 Å². The number of aliphatic hydroxyl groups excluding tert-OH is 1. The zero-order chi connectivity index (χ0) is 22.7. The molecule has 1 N–H and O–H groups in total. The van der Waals surface area contributed by atoms with Gasteiger partial charge in [0.25, 0.3) is 5.91 Å². The lowest BCUT2D eigenvalue weighted by Crippen LogP contribution is -2.32. The Morgan fingerprint density at radius 1 is 1.16 bits per heavy atom. The molecule has 32 heavy (non-hydrogen) atoms. The largest absolute Gasteiger partial charge is 0.503 e. The molecule has 1 aromatic heterocycles. The molecule has 3 aromatic rings. The lowest BCUT2D eigenvalue weighted by atomic mass is 9.95. The number of benzene rings is 2. The summed E-state index contributed by atoms with van der Waals surface area (Å²) in [7, 11) is 1.59. The number of para-hydroxylation sites is 1. The molecule has 0 saturated heterocycles. The van der Waals surface area contributed by atoms with E-state index < -0.39 is 23.5 Å². The SMILES string of the molecule is CCOc1ccc(C2C(C(=O)c3cc4ccccc4o3)=C(O)C(=O)N2CCCOC)cc1. The van der Waals surface area contributed by atoms with Crippen LogP contribution >= 0.6 is 0 Å². The highest BCUT2D eigenvalue weighted by molar-refractivity contribution is 6.16. The molecule has 1 atom stereocenters. The molecule has 7 nitrogen and oxygen atoms in total. The first kappa shape index (κ1) is 21.6. The fourth-order valence-corrected chi connectivity index (χ4v) is 3.98. The van der Waals surface area contributed by atoms with Crippen LogP contribution in [0.1, 0.15) is 35.5 Å². The van der Waals surface area contributed by atoms with E-state index in [1.54, 1.807) is 43.5 Å². The van der Waals surface area contributed by atoms with Crippen molar-refractivity contribution in [3.05, 3.63) is 77.3 Å². The topological polar surface area (TPSA) is 89.2 Å². The predicted molar refractivity (Wildman–Crippen MR) is 119 cm³/mol. The van der Waals surface area contributed by atoms with E-state index in [-0.39, 0.29) is 11.3 Å². The Morgan fingerprint density at radius 3 is 2.59 bits per heavy atom. The predicted octanol–water partition coefficient (Wildman–Crippen LogP) is 4.45. The average molecular weight is 435 g/mol. The van der Waals surface area contributed by atoms with Crippen molar-refractivity contribution in [3.8, 4) is 5.75 Å². The summed E-state index contributed by atoms with van der Waals surface area (Å²) < 4.78 is 16.4. The molecule has 166 valence electrons. The lowest BCUT2D eigenvalue weighted by Gasteiger charge is -2.26. The number of ether oxygens (including phenoxy) is 2. The molecule has 0 aliphatic carbocycles. The van der Waals surface area contributed by atoms with Gasteiger partial charge in [0.15, 0.2) is 11.5 Å². The van der Waals surface area contributed by atoms with E-state index in [0.717, 1.165) is 5.39 Å². The van der Waals surface area contributed by atoms with E-state index in [0.29, 0.717) is 43.1 Å². The molecule has 0 bridgehead atoms. The number of carbonyl (C=O) groups excluding carboxylic acids is 2. The standard InChI is InChI=1S/C25H25NO6/c1-3-31-18-11-9-16(10-12-18)22-21(24(28)25(29)26(22)13-6-14-30-2)23(27)20-15-17-7-4-5-8-19(17)32-20/h4-5,7-12,15,22,28H,3,6,13-14H2,1-2H3. The summed E-state index contributed by atoms with van der Waals surface area (Å²) in [6.45, 7) is 3.20. The number of nitrogens with zero attached hydrogens (tertiary/aromatic N) is 1. The summed E-state index contributed by atoms with van der Waals surface area (Å²) in [6.07, 6.45) is 0.565. The van der Waals surface area contributed by atoms with Crippen LogP contribution in [-0.4, -0.2) is 48.6 Å². The molecule has 4 rings (SSSR count). The molecule has 0 spiro atoms. The van der Waals surface area contributed by atoms with Gasteiger partial charge >= 0.3 is 0 Å². The smallest absolute Gasteiger partial charge is 0.290 e. The van der Waals surface area contributed by atoms with Crippen LogP contribution in [0.15, 0.2) is 70.3 Å². The van der Waals surface area contributed by atoms with Gasteiger partial charge in [0, 0.05) is 25.6 Å². The molecule has 7 heteroatoms. The quantitative estimate of drug-likeness (QED) is 0.395. The van der Waals surface area contributed by atoms with Gasteiger partial charge in [-0.2, -0.15) is 0 Å². The van der Waals surface area contributed by atoms with Gasteiger partial charge in [-0.25, -0.2) is 0 Å². The van der Waals surface area contributed by atoms with Crippen molar-refractivity contribution in [1.29, 1.82) is 0 Å². The zero-order valence-electron chi connectivity index (χ0n) is 18.0. The number of ketones is 1. The van der Waals surface area contributed by atoms with Crippen molar-refractivity contribution in [2.24, 2.45) is 0 Å². The summed E-state index contributed by atoms with van der Waals surface area (Å²) in [6, 6.07) is 15.3. The van der Waals surface area contributed by atoms with Crippen molar-refractivity contribution in [1.82, 2.24) is 4.90 Å². The van der Waals surface area contributed by atoms with Gasteiger partial charge in [-0.15, -0.1) is 0 Å². The molecule has 1 aliphatic rings. The molecule has 0 fully saturated rings. The number of carbonyl (C=O) groups is 2. The number of Topliss-reactive ketones (excluding diaryl/α,β-unsaturated/α-hetero) is 1. The molecular formula is C25H25NO6. The normalized spacial score (nSPS) is 16.2. The van der Waals surface area contributed by atoms with E-state index in [1.807, 2.05) is 25.1 Å². The number of rotatable bonds is 9. The van der Waals surface area contributed by atoms with Gasteiger partial charge in [0.2, 0.25) is 5.78 Å². The van der Waals surface area contributed by atoms with Crippen LogP contribution in [0.25, 0.3) is 11.0 Å². The Labute approximate surface area is 185 Å². The van der Waals surface area contributed by atoms with Crippen molar-refractivity contribution in [3.63, 3.8) is 0 Å². The van der Waals surface area contributed by atoms with Gasteiger partial charge in [0.05, 0.1) is 18.2 Å². The molecule has 0 saturated carbocycles. The number of hydrogen-bond donors (Lipinski definition) is 1. The van der Waals surface area contributed by atoms with Gasteiger partial charge in [0.1, 0.15) is 11.3 Å². The van der Waals surface area contributed by atoms with E-state index in [2.05, 4.69) is 0 Å². The molecule has 1 amide bonds. The number of furan rings is 1. The minimum absolute atomic E-state index is 0.00985. The molecule has 2 heterocycles. The Kier molecular flexibility index (Phi) is 6.28. The third-order valence-electron chi connectivity index (χ3n) is 5.45. The highest BCUT2D eigenvalue weighted by Gasteiger charge is 2.44. The van der Waals surface area contributed by atoms with Gasteiger partial charge < -0.3 is 23.9 Å². The maximum atomic E-state index is 13.5. The third-order valence-corrected chi connectivity index (χ3v) is 5.45. The highest BCUT2D eigenvalue weighted by Crippen LogP contribution is 2.40. The summed E-state index contributed by atoms with van der Waals surface area (Å²) in [4.78, 5) is 27.9. The zero-order valence-corrected chi connectivity index (χ0v) is 18.0. The van der Waals surface area contributed by atoms with Crippen molar-refractivity contribution in [2.45, 2.75) is 19.4 Å². The van der Waals surface area contributed by atoms with Crippen LogP contribution in [0, 0.1) is 0 Å². The van der Waals surface area contributed by atoms with Gasteiger partial charge in [-0.1, -0.05) is 30.3 Å². The number of fused-ring (bicyclic) bond motifs is 1. The first-order valence-electron chi connectivity index (χ1n) is 10.5. The van der Waals surface area contributed by atoms with E-state index >= 15 is 0 Å². The Morgan fingerprint density at radius 2 is 1.91 bits per heavy atom. The number of methoxy groups -OCH3 is 1. The van der Waals surface area contributed by atoms with Gasteiger partial charge in [-0.3, -0.25) is 9.59 Å². The number of amides is 1. The van der Waals surface area contributed by atoms with Crippen LogP contribution in [0.4, 0.5) is 0 Å². The van der Waals surface area contributed by atoms with Crippen LogP contribution in [0.2, 0.25) is 0 Å². The fraction of sp³-hybridized carbons (Fsp3) is 0.280. The van der Waals surface area contributed by atoms with E-state index in [9.17, 15) is 14.7 Å². The van der Waals surface area contributed by atoms with E-state index in [1.165, 1.54) is 4.90 Å². The fourth-order valence-electron chi connectivity index (χ4n) is 3.98. The minimum Gasteiger partial charge on any atom is -0.503 e. The second-order valence-corrected chi connectivity index (χ2v) is 7.49. The molecule has 1 aliphatic heterocycles. The first-order valence-corrected chi connectivity index (χ1v) is 10.5.